The molecule has 0 bridgehead atoms. The van der Waals surface area contributed by atoms with Gasteiger partial charge in [-0.05, 0) is 43.5 Å². The molecule has 2 aromatic rings. The number of hydrogen-bond donors (Lipinski definition) is 3. The quantitative estimate of drug-likeness (QED) is 0.294. The van der Waals surface area contributed by atoms with Crippen molar-refractivity contribution in [3.8, 4) is 11.6 Å². The van der Waals surface area contributed by atoms with E-state index in [0.29, 0.717) is 47.7 Å². The number of halogens is 1. The summed E-state index contributed by atoms with van der Waals surface area (Å²) in [5.41, 5.74) is 5.79. The Bertz CT molecular complexity index is 1140. The van der Waals surface area contributed by atoms with E-state index in [2.05, 4.69) is 27.3 Å². The predicted octanol–water partition coefficient (Wildman–Crippen LogP) is 3.28. The summed E-state index contributed by atoms with van der Waals surface area (Å²) in [5, 5.41) is 7.11. The molecule has 37 heavy (non-hydrogen) atoms. The van der Waals surface area contributed by atoms with Gasteiger partial charge >= 0.3 is 14.5 Å². The lowest BCUT2D eigenvalue weighted by atomic mass is 10.1. The summed E-state index contributed by atoms with van der Waals surface area (Å²) in [7, 11) is 1.24. The van der Waals surface area contributed by atoms with Crippen molar-refractivity contribution in [2.24, 2.45) is 5.92 Å². The third kappa shape index (κ3) is 5.49. The van der Waals surface area contributed by atoms with Crippen LogP contribution < -0.4 is 30.3 Å². The molecule has 4 atom stereocenters. The highest BCUT2D eigenvalue weighted by atomic mass is 35.5. The molecule has 4 N–H and O–H groups in total. The van der Waals surface area contributed by atoms with Crippen LogP contribution in [-0.4, -0.2) is 61.3 Å². The summed E-state index contributed by atoms with van der Waals surface area (Å²) in [6.07, 6.45) is 1.63. The number of rotatable bonds is 10. The third-order valence-corrected chi connectivity index (χ3v) is 8.16. The second-order valence-electron chi connectivity index (χ2n) is 9.24. The van der Waals surface area contributed by atoms with Crippen molar-refractivity contribution in [1.82, 2.24) is 15.1 Å². The minimum absolute atomic E-state index is 0.130. The van der Waals surface area contributed by atoms with Gasteiger partial charge in [-0.25, -0.2) is 5.09 Å². The van der Waals surface area contributed by atoms with Gasteiger partial charge in [0.05, 0.1) is 33.6 Å². The summed E-state index contributed by atoms with van der Waals surface area (Å²) in [5.74, 6) is 1.60. The summed E-state index contributed by atoms with van der Waals surface area (Å²) >= 11 is 6.01. The second-order valence-corrected chi connectivity index (χ2v) is 10.9. The number of nitrogens with two attached hydrogens (primary N) is 1. The molecule has 3 heterocycles. The zero-order chi connectivity index (χ0) is 26.2. The van der Waals surface area contributed by atoms with E-state index in [0.717, 1.165) is 6.42 Å². The molecule has 1 saturated heterocycles. The fourth-order valence-corrected chi connectivity index (χ4v) is 6.06. The number of nitrogens with zero attached hydrogens (tertiary/aromatic N) is 3. The zero-order valence-electron chi connectivity index (χ0n) is 20.8. The Morgan fingerprint density at radius 2 is 2.08 bits per heavy atom. The van der Waals surface area contributed by atoms with E-state index < -0.39 is 14.1 Å². The van der Waals surface area contributed by atoms with E-state index in [1.165, 1.54) is 7.11 Å². The standard InChI is InChI=1S/C23H30ClN6O6P/c1-13-10-16(35-20(13)30-12-26-17-18(30)27-22(25)28-19(17)32-2)11-34-37(29-23(8-9-23)21(31)33-3)36-15-6-4-14(24)5-7-15/h4-7,13,16,20,26,29H,8-12H2,1-3H3,(H2,25,27,28)/t13?,16?,20-,37?/m1/s1. The largest absolute Gasteiger partial charge is 0.479 e. The van der Waals surface area contributed by atoms with E-state index in [-0.39, 0.29) is 36.8 Å². The predicted molar refractivity (Wildman–Crippen MR) is 138 cm³/mol. The number of anilines is 3. The van der Waals surface area contributed by atoms with Crippen LogP contribution in [-0.2, 0) is 18.8 Å². The maximum absolute atomic E-state index is 12.3. The molecular formula is C23H30ClN6O6P. The Morgan fingerprint density at radius 1 is 1.32 bits per heavy atom. The van der Waals surface area contributed by atoms with Crippen molar-refractivity contribution in [2.75, 3.05) is 43.4 Å². The molecule has 200 valence electrons. The molecule has 0 radical (unpaired) electrons. The highest BCUT2D eigenvalue weighted by molar-refractivity contribution is 7.45. The van der Waals surface area contributed by atoms with Crippen LogP contribution in [0.2, 0.25) is 5.02 Å². The number of nitrogens with one attached hydrogen (secondary N) is 2. The smallest absolute Gasteiger partial charge is 0.326 e. The van der Waals surface area contributed by atoms with Crippen LogP contribution >= 0.6 is 20.1 Å². The van der Waals surface area contributed by atoms with Crippen LogP contribution in [0, 0.1) is 5.92 Å². The Hall–Kier alpha value is -2.63. The number of aromatic nitrogens is 2. The van der Waals surface area contributed by atoms with Gasteiger partial charge in [0.25, 0.3) is 0 Å². The van der Waals surface area contributed by atoms with E-state index in [1.807, 2.05) is 4.90 Å². The molecule has 1 aromatic heterocycles. The van der Waals surface area contributed by atoms with Crippen LogP contribution in [0.4, 0.5) is 17.5 Å². The number of esters is 1. The van der Waals surface area contributed by atoms with Gasteiger partial charge in [-0.3, -0.25) is 4.79 Å². The van der Waals surface area contributed by atoms with Crippen LogP contribution in [0.3, 0.4) is 0 Å². The lowest BCUT2D eigenvalue weighted by molar-refractivity contribution is -0.143. The lowest BCUT2D eigenvalue weighted by Gasteiger charge is -2.28. The van der Waals surface area contributed by atoms with Crippen LogP contribution in [0.5, 0.6) is 11.6 Å². The van der Waals surface area contributed by atoms with E-state index in [9.17, 15) is 4.79 Å². The van der Waals surface area contributed by atoms with Crippen LogP contribution in [0.15, 0.2) is 24.3 Å². The zero-order valence-corrected chi connectivity index (χ0v) is 22.4. The first-order valence-electron chi connectivity index (χ1n) is 11.9. The molecule has 5 rings (SSSR count). The first-order valence-corrected chi connectivity index (χ1v) is 13.5. The van der Waals surface area contributed by atoms with Crippen LogP contribution in [0.25, 0.3) is 0 Å². The molecule has 1 aliphatic carbocycles. The monoisotopic (exact) mass is 552 g/mol. The molecule has 3 aliphatic rings. The van der Waals surface area contributed by atoms with Crippen molar-refractivity contribution >= 4 is 43.6 Å². The van der Waals surface area contributed by atoms with Gasteiger partial charge in [-0.15, -0.1) is 0 Å². The van der Waals surface area contributed by atoms with E-state index in [4.69, 9.17) is 40.6 Å². The van der Waals surface area contributed by atoms with Gasteiger partial charge in [0.2, 0.25) is 11.8 Å². The Kier molecular flexibility index (Phi) is 7.46. The van der Waals surface area contributed by atoms with Crippen molar-refractivity contribution in [3.05, 3.63) is 29.3 Å². The fourth-order valence-electron chi connectivity index (χ4n) is 4.49. The number of benzene rings is 1. The number of hydrogen-bond acceptors (Lipinski definition) is 12. The van der Waals surface area contributed by atoms with Gasteiger partial charge in [0.1, 0.15) is 23.2 Å². The molecule has 3 unspecified atom stereocenters. The summed E-state index contributed by atoms with van der Waals surface area (Å²) in [4.78, 5) is 22.9. The maximum atomic E-state index is 12.3. The number of carbonyl (C=O) groups excluding carboxylic acids is 1. The summed E-state index contributed by atoms with van der Waals surface area (Å²) in [6.45, 7) is 2.88. The van der Waals surface area contributed by atoms with Gasteiger partial charge in [0, 0.05) is 10.9 Å². The summed E-state index contributed by atoms with van der Waals surface area (Å²) in [6, 6.07) is 6.98. The molecular weight excluding hydrogens is 523 g/mol. The molecule has 0 amide bonds. The number of carbonyl (C=O) groups is 1. The molecule has 12 nitrogen and oxygen atoms in total. The van der Waals surface area contributed by atoms with Gasteiger partial charge in [0.15, 0.2) is 5.82 Å². The average Bonchev–Trinajstić information content (AvgIpc) is 3.41. The first kappa shape index (κ1) is 26.0. The second kappa shape index (κ2) is 10.6. The topological polar surface area (TPSA) is 142 Å². The minimum Gasteiger partial charge on any atom is -0.479 e. The minimum atomic E-state index is -1.67. The molecule has 14 heteroatoms. The molecule has 2 fully saturated rings. The van der Waals surface area contributed by atoms with E-state index >= 15 is 0 Å². The van der Waals surface area contributed by atoms with Gasteiger partial charge in [-0.2, -0.15) is 9.97 Å². The summed E-state index contributed by atoms with van der Waals surface area (Å²) < 4.78 is 29.0. The highest BCUT2D eigenvalue weighted by Gasteiger charge is 2.53. The number of ether oxygens (including phenoxy) is 3. The average molecular weight is 553 g/mol. The van der Waals surface area contributed by atoms with Crippen molar-refractivity contribution in [1.29, 1.82) is 0 Å². The van der Waals surface area contributed by atoms with E-state index in [1.54, 1.807) is 31.4 Å². The number of nitrogen functional groups attached to an aromatic ring is 1. The SMILES string of the molecule is COC(=O)C1(NP(OCC2CC(C)[C@H](N3CNc4c(OC)nc(N)nc43)O2)Oc2ccc(Cl)cc2)CC1. The van der Waals surface area contributed by atoms with Gasteiger partial charge in [-0.1, -0.05) is 18.5 Å². The van der Waals surface area contributed by atoms with Crippen molar-refractivity contribution in [2.45, 2.75) is 44.1 Å². The molecule has 1 aromatic carbocycles. The first-order chi connectivity index (χ1) is 17.8. The van der Waals surface area contributed by atoms with Crippen molar-refractivity contribution < 1.29 is 28.1 Å². The van der Waals surface area contributed by atoms with Gasteiger partial charge < -0.3 is 39.2 Å². The van der Waals surface area contributed by atoms with Crippen molar-refractivity contribution in [3.63, 3.8) is 0 Å². The highest BCUT2D eigenvalue weighted by Crippen LogP contribution is 2.48. The normalized spacial score (nSPS) is 24.2. The number of fused-ring (bicyclic) bond motifs is 1. The molecule has 1 saturated carbocycles. The fraction of sp³-hybridized carbons (Fsp3) is 0.522. The third-order valence-electron chi connectivity index (χ3n) is 6.54. The molecule has 2 aliphatic heterocycles. The molecule has 0 spiro atoms. The maximum Gasteiger partial charge on any atom is 0.326 e. The lowest BCUT2D eigenvalue weighted by Crippen LogP contribution is -2.39. The Balaban J connectivity index is 1.25. The van der Waals surface area contributed by atoms with Crippen LogP contribution in [0.1, 0.15) is 26.2 Å². The number of methoxy groups -OCH3 is 2. The Labute approximate surface area is 221 Å². The Morgan fingerprint density at radius 3 is 2.76 bits per heavy atom.